The molecule has 0 saturated heterocycles. The first-order valence-corrected chi connectivity index (χ1v) is 13.5. The van der Waals surface area contributed by atoms with Gasteiger partial charge in [-0.05, 0) is 36.9 Å². The maximum absolute atomic E-state index is 13.0. The van der Waals surface area contributed by atoms with Gasteiger partial charge in [-0.3, -0.25) is 19.2 Å². The summed E-state index contributed by atoms with van der Waals surface area (Å²) < 4.78 is 0. The summed E-state index contributed by atoms with van der Waals surface area (Å²) in [4.78, 5) is 67.9. The molecule has 0 bridgehead atoms. The number of amides is 4. The van der Waals surface area contributed by atoms with E-state index in [9.17, 15) is 29.1 Å². The van der Waals surface area contributed by atoms with Gasteiger partial charge in [0.2, 0.25) is 23.6 Å². The molecule has 9 N–H and O–H groups in total. The molecule has 0 spiro atoms. The molecule has 0 aromatic carbocycles. The standard InChI is InChI=1S/C20H33N7O6S2/c1-34-5-3-12(21)17(29)25-13(4-6-35-2)18(30)26-14(8-16(22)28)19(31)27-15(20(32)33)7-11-9-23-10-24-11/h9-10,12-15H,3-8,21H2,1-2H3,(H2,22,28)(H,23,24)(H,25,29)(H,26,30)(H,27,31)(H,32,33). The normalized spacial score (nSPS) is 14.3. The number of nitrogens with one attached hydrogen (secondary N) is 4. The van der Waals surface area contributed by atoms with Crippen molar-refractivity contribution in [3.05, 3.63) is 18.2 Å². The minimum absolute atomic E-state index is 0.0986. The van der Waals surface area contributed by atoms with Crippen LogP contribution in [-0.2, 0) is 30.4 Å². The first-order valence-electron chi connectivity index (χ1n) is 10.7. The lowest BCUT2D eigenvalue weighted by atomic mass is 10.1. The van der Waals surface area contributed by atoms with Gasteiger partial charge in [0, 0.05) is 18.3 Å². The fourth-order valence-corrected chi connectivity index (χ4v) is 3.89. The third-order valence-electron chi connectivity index (χ3n) is 4.85. The summed E-state index contributed by atoms with van der Waals surface area (Å²) in [5.74, 6) is -3.14. The molecule has 0 saturated carbocycles. The Hall–Kier alpha value is -2.78. The minimum atomic E-state index is -1.44. The van der Waals surface area contributed by atoms with E-state index in [1.165, 1.54) is 36.0 Å². The van der Waals surface area contributed by atoms with Crippen LogP contribution in [0.4, 0.5) is 0 Å². The largest absolute Gasteiger partial charge is 0.480 e. The number of hydrogen-bond donors (Lipinski definition) is 7. The van der Waals surface area contributed by atoms with Gasteiger partial charge in [-0.2, -0.15) is 23.5 Å². The number of nitrogens with zero attached hydrogens (tertiary/aromatic N) is 1. The van der Waals surface area contributed by atoms with Crippen molar-refractivity contribution in [3.8, 4) is 0 Å². The average Bonchev–Trinajstić information content (AvgIpc) is 3.31. The summed E-state index contributed by atoms with van der Waals surface area (Å²) in [5, 5.41) is 16.8. The minimum Gasteiger partial charge on any atom is -0.480 e. The molecule has 1 heterocycles. The van der Waals surface area contributed by atoms with Crippen LogP contribution in [0.2, 0.25) is 0 Å². The maximum atomic E-state index is 13.0. The Balaban J connectivity index is 2.94. The van der Waals surface area contributed by atoms with E-state index in [0.29, 0.717) is 23.6 Å². The summed E-state index contributed by atoms with van der Waals surface area (Å²) in [6.07, 6.45) is 6.49. The zero-order valence-corrected chi connectivity index (χ0v) is 21.2. The molecule has 35 heavy (non-hydrogen) atoms. The molecule has 4 amide bonds. The van der Waals surface area contributed by atoms with Gasteiger partial charge in [-0.25, -0.2) is 9.78 Å². The Bertz CT molecular complexity index is 855. The summed E-state index contributed by atoms with van der Waals surface area (Å²) in [6, 6.07) is -4.62. The van der Waals surface area contributed by atoms with Gasteiger partial charge < -0.3 is 37.5 Å². The van der Waals surface area contributed by atoms with Crippen LogP contribution in [-0.4, -0.2) is 92.9 Å². The first kappa shape index (κ1) is 30.3. The summed E-state index contributed by atoms with van der Waals surface area (Å²) >= 11 is 2.99. The number of aliphatic carboxylic acids is 1. The van der Waals surface area contributed by atoms with E-state index in [-0.39, 0.29) is 12.8 Å². The maximum Gasteiger partial charge on any atom is 0.326 e. The Morgan fingerprint density at radius 1 is 0.971 bits per heavy atom. The zero-order valence-electron chi connectivity index (χ0n) is 19.6. The third kappa shape index (κ3) is 11.5. The molecule has 4 unspecified atom stereocenters. The van der Waals surface area contributed by atoms with Crippen LogP contribution in [0, 0.1) is 0 Å². The van der Waals surface area contributed by atoms with E-state index in [1.807, 2.05) is 12.5 Å². The van der Waals surface area contributed by atoms with Crippen molar-refractivity contribution >= 4 is 53.1 Å². The van der Waals surface area contributed by atoms with Gasteiger partial charge in [0.1, 0.15) is 18.1 Å². The fourth-order valence-electron chi connectivity index (χ4n) is 2.93. The number of aromatic nitrogens is 2. The smallest absolute Gasteiger partial charge is 0.326 e. The molecule has 15 heteroatoms. The number of primary amides is 1. The fraction of sp³-hybridized carbons (Fsp3) is 0.600. The Kier molecular flexibility index (Phi) is 13.8. The van der Waals surface area contributed by atoms with Crippen LogP contribution >= 0.6 is 23.5 Å². The number of carboxylic acid groups (broad SMARTS) is 1. The van der Waals surface area contributed by atoms with Gasteiger partial charge in [0.25, 0.3) is 0 Å². The molecule has 1 aromatic rings. The molecule has 0 aliphatic carbocycles. The van der Waals surface area contributed by atoms with E-state index in [2.05, 4.69) is 25.9 Å². The van der Waals surface area contributed by atoms with E-state index in [1.54, 1.807) is 0 Å². The highest BCUT2D eigenvalue weighted by Gasteiger charge is 2.31. The second-order valence-corrected chi connectivity index (χ2v) is 9.61. The number of hydrogen-bond acceptors (Lipinski definition) is 9. The van der Waals surface area contributed by atoms with Crippen LogP contribution in [0.1, 0.15) is 25.0 Å². The van der Waals surface area contributed by atoms with Crippen molar-refractivity contribution in [2.45, 2.75) is 49.9 Å². The lowest BCUT2D eigenvalue weighted by molar-refractivity contribution is -0.142. The Labute approximate surface area is 211 Å². The molecule has 0 aliphatic heterocycles. The molecular weight excluding hydrogens is 498 g/mol. The highest BCUT2D eigenvalue weighted by molar-refractivity contribution is 7.98. The average molecular weight is 532 g/mol. The molecule has 1 aromatic heterocycles. The van der Waals surface area contributed by atoms with Crippen molar-refractivity contribution in [2.75, 3.05) is 24.0 Å². The van der Waals surface area contributed by atoms with Crippen molar-refractivity contribution in [3.63, 3.8) is 0 Å². The summed E-state index contributed by atoms with van der Waals surface area (Å²) in [5.41, 5.74) is 11.6. The van der Waals surface area contributed by atoms with E-state index >= 15 is 0 Å². The van der Waals surface area contributed by atoms with Crippen LogP contribution in [0.15, 0.2) is 12.5 Å². The molecule has 0 aliphatic rings. The van der Waals surface area contributed by atoms with Crippen LogP contribution in [0.25, 0.3) is 0 Å². The summed E-state index contributed by atoms with van der Waals surface area (Å²) in [6.45, 7) is 0. The number of carbonyl (C=O) groups is 5. The molecule has 4 atom stereocenters. The number of H-pyrrole nitrogens is 1. The second kappa shape index (κ2) is 16.0. The van der Waals surface area contributed by atoms with Crippen molar-refractivity contribution < 1.29 is 29.1 Å². The molecule has 196 valence electrons. The SMILES string of the molecule is CSCCC(N)C(=O)NC(CCSC)C(=O)NC(CC(N)=O)C(=O)NC(Cc1cnc[nH]1)C(=O)O. The van der Waals surface area contributed by atoms with E-state index in [4.69, 9.17) is 11.5 Å². The number of thioether (sulfide) groups is 2. The van der Waals surface area contributed by atoms with Gasteiger partial charge in [0.15, 0.2) is 0 Å². The van der Waals surface area contributed by atoms with Crippen LogP contribution < -0.4 is 27.4 Å². The molecule has 0 fully saturated rings. The summed E-state index contributed by atoms with van der Waals surface area (Å²) in [7, 11) is 0. The van der Waals surface area contributed by atoms with Gasteiger partial charge in [-0.1, -0.05) is 0 Å². The molecule has 1 rings (SSSR count). The lowest BCUT2D eigenvalue weighted by Crippen LogP contribution is -2.58. The predicted molar refractivity (Wildman–Crippen MR) is 134 cm³/mol. The zero-order chi connectivity index (χ0) is 26.4. The number of carboxylic acids is 1. The van der Waals surface area contributed by atoms with Crippen molar-refractivity contribution in [1.82, 2.24) is 25.9 Å². The highest BCUT2D eigenvalue weighted by Crippen LogP contribution is 2.06. The van der Waals surface area contributed by atoms with Gasteiger partial charge >= 0.3 is 5.97 Å². The highest BCUT2D eigenvalue weighted by atomic mass is 32.2. The topological polar surface area (TPSA) is 222 Å². The molecular formula is C20H33N7O6S2. The van der Waals surface area contributed by atoms with E-state index < -0.39 is 60.2 Å². The number of carbonyl (C=O) groups excluding carboxylic acids is 4. The second-order valence-electron chi connectivity index (χ2n) is 7.64. The molecule has 13 nitrogen and oxygen atoms in total. The molecule has 0 radical (unpaired) electrons. The quantitative estimate of drug-likeness (QED) is 0.119. The number of imidazole rings is 1. The number of aromatic amines is 1. The van der Waals surface area contributed by atoms with Gasteiger partial charge in [0.05, 0.1) is 18.8 Å². The third-order valence-corrected chi connectivity index (χ3v) is 6.13. The lowest BCUT2D eigenvalue weighted by Gasteiger charge is -2.24. The van der Waals surface area contributed by atoms with Crippen molar-refractivity contribution in [2.24, 2.45) is 11.5 Å². The number of nitrogens with two attached hydrogens (primary N) is 2. The van der Waals surface area contributed by atoms with Crippen LogP contribution in [0.3, 0.4) is 0 Å². The monoisotopic (exact) mass is 531 g/mol. The van der Waals surface area contributed by atoms with Crippen molar-refractivity contribution in [1.29, 1.82) is 0 Å². The van der Waals surface area contributed by atoms with Crippen LogP contribution in [0.5, 0.6) is 0 Å². The Morgan fingerprint density at radius 3 is 2.09 bits per heavy atom. The number of rotatable bonds is 17. The van der Waals surface area contributed by atoms with Gasteiger partial charge in [-0.15, -0.1) is 0 Å². The van der Waals surface area contributed by atoms with E-state index in [0.717, 1.165) is 0 Å². The Morgan fingerprint density at radius 2 is 1.54 bits per heavy atom. The first-order chi connectivity index (χ1) is 16.6. The predicted octanol–water partition coefficient (Wildman–Crippen LogP) is -1.80.